The second-order valence-electron chi connectivity index (χ2n) is 5.42. The molecule has 1 saturated heterocycles. The van der Waals surface area contributed by atoms with E-state index in [0.29, 0.717) is 11.7 Å². The highest BCUT2D eigenvalue weighted by molar-refractivity contribution is 5.98. The first-order chi connectivity index (χ1) is 8.99. The summed E-state index contributed by atoms with van der Waals surface area (Å²) in [5.74, 6) is 0.930. The van der Waals surface area contributed by atoms with Crippen LogP contribution in [0.4, 0.5) is 0 Å². The van der Waals surface area contributed by atoms with Gasteiger partial charge in [-0.3, -0.25) is 9.59 Å². The van der Waals surface area contributed by atoms with Crippen LogP contribution < -0.4 is 5.32 Å². The van der Waals surface area contributed by atoms with Crippen molar-refractivity contribution >= 4 is 11.8 Å². The van der Waals surface area contributed by atoms with Gasteiger partial charge in [0.05, 0.1) is 0 Å². The molecule has 1 aromatic rings. The zero-order chi connectivity index (χ0) is 13.6. The Bertz CT molecular complexity index is 537. The lowest BCUT2D eigenvalue weighted by Gasteiger charge is -2.39. The Kier molecular flexibility index (Phi) is 2.58. The first-order valence-corrected chi connectivity index (χ1v) is 6.38. The summed E-state index contributed by atoms with van der Waals surface area (Å²) >= 11 is 0. The number of hydrogen-bond acceptors (Lipinski definition) is 5. The van der Waals surface area contributed by atoms with Gasteiger partial charge in [-0.2, -0.15) is 4.98 Å². The van der Waals surface area contributed by atoms with Crippen LogP contribution in [0, 0.1) is 12.8 Å². The van der Waals surface area contributed by atoms with Gasteiger partial charge in [0.2, 0.25) is 17.7 Å². The number of piperazine rings is 1. The van der Waals surface area contributed by atoms with Crippen molar-refractivity contribution in [3.8, 4) is 0 Å². The maximum absolute atomic E-state index is 12.5. The van der Waals surface area contributed by atoms with E-state index in [1.165, 1.54) is 4.90 Å². The summed E-state index contributed by atoms with van der Waals surface area (Å²) < 4.78 is 5.01. The summed E-state index contributed by atoms with van der Waals surface area (Å²) in [4.78, 5) is 29.9. The van der Waals surface area contributed by atoms with E-state index in [1.807, 2.05) is 0 Å². The summed E-state index contributed by atoms with van der Waals surface area (Å²) in [6.45, 7) is 3.75. The van der Waals surface area contributed by atoms with Crippen LogP contribution >= 0.6 is 0 Å². The molecule has 1 atom stereocenters. The lowest BCUT2D eigenvalue weighted by atomic mass is 9.91. The molecule has 1 N–H and O–H groups in total. The number of rotatable bonds is 3. The molecule has 1 aliphatic heterocycles. The monoisotopic (exact) mass is 264 g/mol. The molecule has 7 nitrogen and oxygen atoms in total. The van der Waals surface area contributed by atoms with Crippen molar-refractivity contribution in [3.05, 3.63) is 11.7 Å². The van der Waals surface area contributed by atoms with Gasteiger partial charge in [-0.05, 0) is 32.6 Å². The molecule has 102 valence electrons. The van der Waals surface area contributed by atoms with Crippen LogP contribution in [0.5, 0.6) is 0 Å². The molecule has 2 fully saturated rings. The molecule has 2 aliphatic rings. The Morgan fingerprint density at radius 1 is 1.47 bits per heavy atom. The summed E-state index contributed by atoms with van der Waals surface area (Å²) in [5.41, 5.74) is -0.773. The minimum Gasteiger partial charge on any atom is -0.340 e. The first-order valence-electron chi connectivity index (χ1n) is 6.38. The van der Waals surface area contributed by atoms with Crippen LogP contribution in [0.1, 0.15) is 31.5 Å². The summed E-state index contributed by atoms with van der Waals surface area (Å²) in [6, 6.07) is 0. The molecular formula is C12H16N4O3. The number of nitrogens with zero attached hydrogens (tertiary/aromatic N) is 3. The van der Waals surface area contributed by atoms with Crippen molar-refractivity contribution in [2.45, 2.75) is 38.8 Å². The second kappa shape index (κ2) is 4.04. The lowest BCUT2D eigenvalue weighted by Crippen LogP contribution is -2.66. The lowest BCUT2D eigenvalue weighted by molar-refractivity contribution is -0.151. The zero-order valence-electron chi connectivity index (χ0n) is 11.0. The third-order valence-electron chi connectivity index (χ3n) is 3.75. The van der Waals surface area contributed by atoms with Crippen molar-refractivity contribution in [3.63, 3.8) is 0 Å². The second-order valence-corrected chi connectivity index (χ2v) is 5.42. The average molecular weight is 264 g/mol. The predicted molar refractivity (Wildman–Crippen MR) is 63.7 cm³/mol. The van der Waals surface area contributed by atoms with Crippen molar-refractivity contribution in [2.24, 2.45) is 5.92 Å². The number of nitrogens with one attached hydrogen (secondary N) is 1. The van der Waals surface area contributed by atoms with Crippen molar-refractivity contribution < 1.29 is 14.1 Å². The average Bonchev–Trinajstić information content (AvgIpc) is 3.11. The number of amides is 2. The molecule has 19 heavy (non-hydrogen) atoms. The number of aryl methyl sites for hydroxylation is 1. The van der Waals surface area contributed by atoms with E-state index in [-0.39, 0.29) is 30.8 Å². The maximum atomic E-state index is 12.5. The van der Waals surface area contributed by atoms with Gasteiger partial charge in [0.25, 0.3) is 0 Å². The molecule has 0 bridgehead atoms. The van der Waals surface area contributed by atoms with E-state index in [4.69, 9.17) is 4.52 Å². The number of aromatic nitrogens is 2. The molecule has 2 heterocycles. The highest BCUT2D eigenvalue weighted by atomic mass is 16.5. The van der Waals surface area contributed by atoms with Crippen LogP contribution in [0.3, 0.4) is 0 Å². The standard InChI is InChI=1S/C12H16N4O3/c1-7-13-10(19-15-7)6-16-5-9(17)14-12(2,11(16)18)8-3-4-8/h8H,3-6H2,1-2H3,(H,14,17). The van der Waals surface area contributed by atoms with Crippen LogP contribution in [-0.4, -0.2) is 38.9 Å². The predicted octanol–water partition coefficient (Wildman–Crippen LogP) is 0.00512. The fraction of sp³-hybridized carbons (Fsp3) is 0.667. The van der Waals surface area contributed by atoms with E-state index in [2.05, 4.69) is 15.5 Å². The third-order valence-corrected chi connectivity index (χ3v) is 3.75. The number of carbonyl (C=O) groups is 2. The van der Waals surface area contributed by atoms with Gasteiger partial charge in [0.15, 0.2) is 5.82 Å². The summed E-state index contributed by atoms with van der Waals surface area (Å²) in [6.07, 6.45) is 1.96. The van der Waals surface area contributed by atoms with E-state index < -0.39 is 5.54 Å². The molecule has 0 spiro atoms. The molecule has 3 rings (SSSR count). The number of hydrogen-bond donors (Lipinski definition) is 1. The topological polar surface area (TPSA) is 88.3 Å². The summed E-state index contributed by atoms with van der Waals surface area (Å²) in [5, 5.41) is 6.51. The highest BCUT2D eigenvalue weighted by Gasteiger charge is 2.52. The van der Waals surface area contributed by atoms with Crippen molar-refractivity contribution in [1.29, 1.82) is 0 Å². The smallest absolute Gasteiger partial charge is 0.249 e. The fourth-order valence-corrected chi connectivity index (χ4v) is 2.59. The maximum Gasteiger partial charge on any atom is 0.249 e. The SMILES string of the molecule is Cc1noc(CN2CC(=O)NC(C)(C3CC3)C2=O)n1. The van der Waals surface area contributed by atoms with Crippen LogP contribution in [-0.2, 0) is 16.1 Å². The van der Waals surface area contributed by atoms with Crippen LogP contribution in [0.2, 0.25) is 0 Å². The molecule has 2 amide bonds. The van der Waals surface area contributed by atoms with Gasteiger partial charge < -0.3 is 14.7 Å². The Balaban J connectivity index is 1.80. The minimum absolute atomic E-state index is 0.0442. The van der Waals surface area contributed by atoms with Gasteiger partial charge in [-0.15, -0.1) is 0 Å². The fourth-order valence-electron chi connectivity index (χ4n) is 2.59. The molecule has 1 saturated carbocycles. The molecule has 1 unspecified atom stereocenters. The van der Waals surface area contributed by atoms with Crippen molar-refractivity contribution in [1.82, 2.24) is 20.4 Å². The van der Waals surface area contributed by atoms with E-state index in [1.54, 1.807) is 13.8 Å². The third kappa shape index (κ3) is 2.09. The van der Waals surface area contributed by atoms with Gasteiger partial charge in [-0.1, -0.05) is 5.16 Å². The molecule has 0 radical (unpaired) electrons. The van der Waals surface area contributed by atoms with Gasteiger partial charge in [0.1, 0.15) is 18.6 Å². The largest absolute Gasteiger partial charge is 0.340 e. The quantitative estimate of drug-likeness (QED) is 0.830. The van der Waals surface area contributed by atoms with E-state index in [0.717, 1.165) is 12.8 Å². The van der Waals surface area contributed by atoms with E-state index >= 15 is 0 Å². The highest BCUT2D eigenvalue weighted by Crippen LogP contribution is 2.41. The Hall–Kier alpha value is -1.92. The van der Waals surface area contributed by atoms with Crippen LogP contribution in [0.25, 0.3) is 0 Å². The molecule has 1 aliphatic carbocycles. The first kappa shape index (κ1) is 12.1. The van der Waals surface area contributed by atoms with Crippen LogP contribution in [0.15, 0.2) is 4.52 Å². The molecule has 1 aromatic heterocycles. The van der Waals surface area contributed by atoms with E-state index in [9.17, 15) is 9.59 Å². The number of carbonyl (C=O) groups excluding carboxylic acids is 2. The van der Waals surface area contributed by atoms with Crippen molar-refractivity contribution in [2.75, 3.05) is 6.54 Å². The van der Waals surface area contributed by atoms with Gasteiger partial charge >= 0.3 is 0 Å². The Labute approximate surface area is 110 Å². The summed E-state index contributed by atoms with van der Waals surface area (Å²) in [7, 11) is 0. The normalized spacial score (nSPS) is 27.6. The van der Waals surface area contributed by atoms with Gasteiger partial charge in [-0.25, -0.2) is 0 Å². The van der Waals surface area contributed by atoms with Gasteiger partial charge in [0, 0.05) is 0 Å². The minimum atomic E-state index is -0.773. The Morgan fingerprint density at radius 2 is 2.21 bits per heavy atom. The molecular weight excluding hydrogens is 248 g/mol. The molecule has 7 heteroatoms. The molecule has 0 aromatic carbocycles. The Morgan fingerprint density at radius 3 is 2.79 bits per heavy atom. The zero-order valence-corrected chi connectivity index (χ0v) is 11.0.